The van der Waals surface area contributed by atoms with E-state index in [9.17, 15) is 0 Å². The fraction of sp³-hybridized carbons (Fsp3) is 0.379. The minimum Gasteiger partial charge on any atom is -0.379 e. The van der Waals surface area contributed by atoms with Crippen molar-refractivity contribution in [3.05, 3.63) is 95.1 Å². The summed E-state index contributed by atoms with van der Waals surface area (Å²) in [6.07, 6.45) is 12.5. The first-order chi connectivity index (χ1) is 15.7. The fourth-order valence-corrected chi connectivity index (χ4v) is 5.92. The molecule has 2 aromatic rings. The normalized spacial score (nSPS) is 29.4. The van der Waals surface area contributed by atoms with E-state index < -0.39 is 5.60 Å². The van der Waals surface area contributed by atoms with Crippen molar-refractivity contribution in [2.24, 2.45) is 0 Å². The largest absolute Gasteiger partial charge is 0.379 e. The molecule has 0 spiro atoms. The number of benzene rings is 2. The van der Waals surface area contributed by atoms with Crippen LogP contribution in [-0.4, -0.2) is 37.7 Å². The summed E-state index contributed by atoms with van der Waals surface area (Å²) in [4.78, 5) is 2.52. The molecule has 164 valence electrons. The number of nitrogens with zero attached hydrogens (tertiary/aromatic N) is 1. The molecule has 2 atom stereocenters. The monoisotopic (exact) mass is 425 g/mol. The van der Waals surface area contributed by atoms with Crippen molar-refractivity contribution >= 4 is 11.1 Å². The van der Waals surface area contributed by atoms with Crippen LogP contribution in [0.5, 0.6) is 0 Å². The minimum atomic E-state index is -0.468. The Hall–Kier alpha value is -2.46. The second-order valence-corrected chi connectivity index (χ2v) is 9.43. The van der Waals surface area contributed by atoms with Crippen LogP contribution in [0.2, 0.25) is 0 Å². The van der Waals surface area contributed by atoms with Gasteiger partial charge in [0, 0.05) is 19.6 Å². The minimum absolute atomic E-state index is 0.274. The van der Waals surface area contributed by atoms with Crippen LogP contribution in [0, 0.1) is 0 Å². The van der Waals surface area contributed by atoms with Crippen molar-refractivity contribution in [3.63, 3.8) is 0 Å². The lowest BCUT2D eigenvalue weighted by Crippen LogP contribution is -2.36. The molecule has 2 unspecified atom stereocenters. The van der Waals surface area contributed by atoms with E-state index >= 15 is 0 Å². The van der Waals surface area contributed by atoms with E-state index in [0.29, 0.717) is 0 Å². The highest BCUT2D eigenvalue weighted by Gasteiger charge is 2.54. The van der Waals surface area contributed by atoms with Crippen molar-refractivity contribution in [1.29, 1.82) is 0 Å². The Bertz CT molecular complexity index is 1120. The summed E-state index contributed by atoms with van der Waals surface area (Å²) in [5, 5.41) is 0. The molecule has 2 bridgehead atoms. The standard InChI is InChI=1S/C29H31NO2/c1-2-12-28-13-14-29(32-28,27-10-6-5-9-26(27)28)21-23-20-22(24-7-3-4-8-25(23)24)11-15-30-16-18-31-19-17-30/h3-10,13-14,20-21H,2,11-12,15-19H2,1H3/b23-21+. The lowest BCUT2D eigenvalue weighted by atomic mass is 9.79. The SMILES string of the molecule is CCCC12C=CC(/C=C3\C=C(CCN4CCOCC4)c4ccccc43)(O1)c1ccccc12. The first-order valence-corrected chi connectivity index (χ1v) is 12.1. The predicted molar refractivity (Wildman–Crippen MR) is 129 cm³/mol. The summed E-state index contributed by atoms with van der Waals surface area (Å²) in [6, 6.07) is 17.6. The van der Waals surface area contributed by atoms with Gasteiger partial charge >= 0.3 is 0 Å². The van der Waals surface area contributed by atoms with Gasteiger partial charge in [0.05, 0.1) is 13.2 Å². The molecule has 0 saturated carbocycles. The van der Waals surface area contributed by atoms with Gasteiger partial charge < -0.3 is 9.47 Å². The summed E-state index contributed by atoms with van der Waals surface area (Å²) < 4.78 is 12.4. The first-order valence-electron chi connectivity index (χ1n) is 12.1. The van der Waals surface area contributed by atoms with Crippen LogP contribution in [0.3, 0.4) is 0 Å². The predicted octanol–water partition coefficient (Wildman–Crippen LogP) is 5.68. The molecule has 1 saturated heterocycles. The topological polar surface area (TPSA) is 21.7 Å². The van der Waals surface area contributed by atoms with Gasteiger partial charge in [0.2, 0.25) is 0 Å². The van der Waals surface area contributed by atoms with Crippen LogP contribution in [-0.2, 0) is 20.7 Å². The number of rotatable bonds is 6. The molecule has 0 radical (unpaired) electrons. The van der Waals surface area contributed by atoms with Gasteiger partial charge in [0.25, 0.3) is 0 Å². The van der Waals surface area contributed by atoms with Crippen LogP contribution < -0.4 is 0 Å². The molecule has 3 nitrogen and oxygen atoms in total. The quantitative estimate of drug-likeness (QED) is 0.556. The Balaban J connectivity index is 1.36. The number of morpholine rings is 1. The highest BCUT2D eigenvalue weighted by atomic mass is 16.5. The molecule has 6 rings (SSSR count). The van der Waals surface area contributed by atoms with Crippen LogP contribution >= 0.6 is 0 Å². The zero-order valence-corrected chi connectivity index (χ0v) is 18.8. The molecule has 2 aromatic carbocycles. The second kappa shape index (κ2) is 7.84. The van der Waals surface area contributed by atoms with Gasteiger partial charge in [-0.3, -0.25) is 4.90 Å². The lowest BCUT2D eigenvalue weighted by Gasteiger charge is -2.26. The number of hydrogen-bond acceptors (Lipinski definition) is 3. The smallest absolute Gasteiger partial charge is 0.133 e. The van der Waals surface area contributed by atoms with Gasteiger partial charge in [-0.1, -0.05) is 68.0 Å². The van der Waals surface area contributed by atoms with Crippen molar-refractivity contribution in [1.82, 2.24) is 4.90 Å². The van der Waals surface area contributed by atoms with Gasteiger partial charge in [-0.2, -0.15) is 0 Å². The summed E-state index contributed by atoms with van der Waals surface area (Å²) in [5.41, 5.74) is 7.31. The molecule has 1 fully saturated rings. The van der Waals surface area contributed by atoms with E-state index in [2.05, 4.69) is 84.7 Å². The van der Waals surface area contributed by atoms with E-state index in [-0.39, 0.29) is 5.60 Å². The number of fused-ring (bicyclic) bond motifs is 6. The van der Waals surface area contributed by atoms with Crippen molar-refractivity contribution in [2.75, 3.05) is 32.8 Å². The summed E-state index contributed by atoms with van der Waals surface area (Å²) in [5.74, 6) is 0. The number of allylic oxidation sites excluding steroid dienone is 2. The van der Waals surface area contributed by atoms with E-state index in [1.54, 1.807) is 0 Å². The molecule has 32 heavy (non-hydrogen) atoms. The van der Waals surface area contributed by atoms with Crippen LogP contribution in [0.4, 0.5) is 0 Å². The van der Waals surface area contributed by atoms with Gasteiger partial charge in [-0.05, 0) is 64.5 Å². The third-order valence-electron chi connectivity index (χ3n) is 7.46. The van der Waals surface area contributed by atoms with E-state index in [1.807, 2.05) is 0 Å². The molecule has 1 aliphatic carbocycles. The third kappa shape index (κ3) is 3.14. The molecule has 3 aliphatic heterocycles. The van der Waals surface area contributed by atoms with Crippen LogP contribution in [0.1, 0.15) is 48.4 Å². The maximum atomic E-state index is 6.89. The fourth-order valence-electron chi connectivity index (χ4n) is 5.92. The molecular weight excluding hydrogens is 394 g/mol. The van der Waals surface area contributed by atoms with Crippen molar-refractivity contribution in [3.8, 4) is 0 Å². The summed E-state index contributed by atoms with van der Waals surface area (Å²) >= 11 is 0. The Morgan fingerprint density at radius 2 is 1.69 bits per heavy atom. The Morgan fingerprint density at radius 1 is 0.938 bits per heavy atom. The lowest BCUT2D eigenvalue weighted by molar-refractivity contribution is -0.0492. The average molecular weight is 426 g/mol. The van der Waals surface area contributed by atoms with E-state index in [0.717, 1.165) is 52.1 Å². The van der Waals surface area contributed by atoms with E-state index in [1.165, 1.54) is 33.4 Å². The Kier molecular flexibility index (Phi) is 4.94. The molecular formula is C29H31NO2. The molecule has 0 N–H and O–H groups in total. The molecule has 4 aliphatic rings. The Labute approximate surface area is 191 Å². The zero-order chi connectivity index (χ0) is 21.6. The van der Waals surface area contributed by atoms with Gasteiger partial charge in [-0.25, -0.2) is 0 Å². The Morgan fingerprint density at radius 3 is 2.50 bits per heavy atom. The molecule has 3 heteroatoms. The highest BCUT2D eigenvalue weighted by Crippen LogP contribution is 2.57. The summed E-state index contributed by atoms with van der Waals surface area (Å²) in [7, 11) is 0. The molecule has 0 amide bonds. The highest BCUT2D eigenvalue weighted by molar-refractivity contribution is 5.96. The van der Waals surface area contributed by atoms with E-state index in [4.69, 9.17) is 9.47 Å². The maximum Gasteiger partial charge on any atom is 0.133 e. The van der Waals surface area contributed by atoms with Gasteiger partial charge in [0.15, 0.2) is 0 Å². The zero-order valence-electron chi connectivity index (χ0n) is 18.8. The third-order valence-corrected chi connectivity index (χ3v) is 7.46. The van der Waals surface area contributed by atoms with Crippen LogP contribution in [0.25, 0.3) is 11.1 Å². The number of ether oxygens (including phenoxy) is 2. The summed E-state index contributed by atoms with van der Waals surface area (Å²) in [6.45, 7) is 7.10. The van der Waals surface area contributed by atoms with Gasteiger partial charge in [0.1, 0.15) is 11.2 Å². The first kappa shape index (κ1) is 20.2. The number of hydrogen-bond donors (Lipinski definition) is 0. The average Bonchev–Trinajstić information content (AvgIpc) is 3.47. The second-order valence-electron chi connectivity index (χ2n) is 9.43. The van der Waals surface area contributed by atoms with Crippen molar-refractivity contribution < 1.29 is 9.47 Å². The van der Waals surface area contributed by atoms with Gasteiger partial charge in [-0.15, -0.1) is 0 Å². The van der Waals surface area contributed by atoms with Crippen LogP contribution in [0.15, 0.2) is 72.8 Å². The van der Waals surface area contributed by atoms with Crippen molar-refractivity contribution in [2.45, 2.75) is 37.4 Å². The maximum absolute atomic E-state index is 6.89. The molecule has 0 aromatic heterocycles. The molecule has 3 heterocycles.